The first kappa shape index (κ1) is 95.0. The number of aliphatic carboxylic acids is 2. The SMILES string of the molecule is CC.CC.CC.CC.CC.CC.CC.CC.CC.CC(=O)NC1CCOC1=O.CC(=O)O.CC(=O)O.CCc1ccccc1.CCc1ccccc1.CCc1ccccc1.CCc1ccccc1.NC1CCOC1=O. The summed E-state index contributed by atoms with van der Waals surface area (Å²) >= 11 is 0. The first-order valence-corrected chi connectivity index (χ1v) is 28.1. The molecule has 4 aromatic carbocycles. The van der Waals surface area contributed by atoms with Crippen molar-refractivity contribution in [2.45, 2.75) is 224 Å². The van der Waals surface area contributed by atoms with Crippen LogP contribution < -0.4 is 11.1 Å². The second-order valence-electron chi connectivity index (χ2n) is 12.2. The predicted octanol–water partition coefficient (Wildman–Crippen LogP) is 17.1. The molecule has 2 aliphatic heterocycles. The molecular formula is C64H118N2O9. The monoisotopic (exact) mass is 1060 g/mol. The number of rotatable bonds is 5. The predicted molar refractivity (Wildman–Crippen MR) is 329 cm³/mol. The fraction of sp³-hybridized carbons (Fsp3) is 0.547. The minimum Gasteiger partial charge on any atom is -0.481 e. The third kappa shape index (κ3) is 88.2. The van der Waals surface area contributed by atoms with E-state index in [1.54, 1.807) is 0 Å². The highest BCUT2D eigenvalue weighted by Crippen LogP contribution is 2.05. The Kier molecular flexibility index (Phi) is 115. The van der Waals surface area contributed by atoms with E-state index in [-0.39, 0.29) is 23.9 Å². The molecule has 0 aromatic heterocycles. The number of nitrogens with two attached hydrogens (primary N) is 1. The largest absolute Gasteiger partial charge is 0.481 e. The van der Waals surface area contributed by atoms with Gasteiger partial charge in [-0.05, 0) is 47.9 Å². The van der Waals surface area contributed by atoms with Gasteiger partial charge in [-0.25, -0.2) is 4.79 Å². The van der Waals surface area contributed by atoms with Crippen LogP contribution >= 0.6 is 0 Å². The fourth-order valence-electron chi connectivity index (χ4n) is 4.24. The minimum atomic E-state index is -0.833. The summed E-state index contributed by atoms with van der Waals surface area (Å²) in [5, 5.41) is 17.3. The third-order valence-electron chi connectivity index (χ3n) is 7.29. The molecule has 1 amide bonds. The lowest BCUT2D eigenvalue weighted by atomic mass is 10.2. The van der Waals surface area contributed by atoms with Crippen LogP contribution in [0.4, 0.5) is 0 Å². The molecule has 438 valence electrons. The highest BCUT2D eigenvalue weighted by molar-refractivity contribution is 5.84. The lowest BCUT2D eigenvalue weighted by Gasteiger charge is -2.03. The van der Waals surface area contributed by atoms with E-state index in [1.807, 2.05) is 149 Å². The fourth-order valence-corrected chi connectivity index (χ4v) is 4.24. The molecule has 2 aliphatic rings. The van der Waals surface area contributed by atoms with Crippen LogP contribution in [0, 0.1) is 0 Å². The van der Waals surface area contributed by atoms with Gasteiger partial charge in [0, 0.05) is 33.6 Å². The lowest BCUT2D eigenvalue weighted by molar-refractivity contribution is -0.141. The molecule has 2 atom stereocenters. The van der Waals surface area contributed by atoms with E-state index < -0.39 is 18.0 Å². The molecule has 75 heavy (non-hydrogen) atoms. The zero-order chi connectivity index (χ0) is 61.3. The van der Waals surface area contributed by atoms with Gasteiger partial charge in [-0.1, -0.05) is 274 Å². The van der Waals surface area contributed by atoms with Gasteiger partial charge in [0.05, 0.1) is 13.2 Å². The van der Waals surface area contributed by atoms with Crippen molar-refractivity contribution < 1.29 is 43.7 Å². The molecule has 0 bridgehead atoms. The van der Waals surface area contributed by atoms with E-state index >= 15 is 0 Å². The molecule has 5 N–H and O–H groups in total. The van der Waals surface area contributed by atoms with E-state index in [9.17, 15) is 14.4 Å². The van der Waals surface area contributed by atoms with Crippen LogP contribution in [0.5, 0.6) is 0 Å². The second-order valence-corrected chi connectivity index (χ2v) is 12.2. The van der Waals surface area contributed by atoms with Gasteiger partial charge in [0.1, 0.15) is 12.1 Å². The number of carboxylic acid groups (broad SMARTS) is 2. The molecular weight excluding hydrogens is 941 g/mol. The Hall–Kier alpha value is -5.81. The van der Waals surface area contributed by atoms with Crippen LogP contribution in [0.3, 0.4) is 0 Å². The molecule has 0 radical (unpaired) electrons. The maximum Gasteiger partial charge on any atom is 0.328 e. The van der Waals surface area contributed by atoms with Gasteiger partial charge in [-0.2, -0.15) is 0 Å². The highest BCUT2D eigenvalue weighted by Gasteiger charge is 2.26. The number of hydrogen-bond acceptors (Lipinski definition) is 8. The van der Waals surface area contributed by atoms with E-state index in [0.717, 1.165) is 39.5 Å². The van der Waals surface area contributed by atoms with Crippen molar-refractivity contribution in [1.82, 2.24) is 5.32 Å². The van der Waals surface area contributed by atoms with E-state index in [4.69, 9.17) is 25.5 Å². The molecule has 2 fully saturated rings. The van der Waals surface area contributed by atoms with Crippen LogP contribution in [0.15, 0.2) is 121 Å². The minimum absolute atomic E-state index is 0.191. The van der Waals surface area contributed by atoms with Crippen LogP contribution in [0.25, 0.3) is 0 Å². The van der Waals surface area contributed by atoms with Crippen molar-refractivity contribution in [3.05, 3.63) is 144 Å². The van der Waals surface area contributed by atoms with Crippen molar-refractivity contribution in [3.8, 4) is 0 Å². The Morgan fingerprint density at radius 2 is 0.627 bits per heavy atom. The van der Waals surface area contributed by atoms with Crippen LogP contribution in [-0.2, 0) is 59.1 Å². The maximum atomic E-state index is 10.7. The van der Waals surface area contributed by atoms with Gasteiger partial charge in [0.15, 0.2) is 0 Å². The average molecular weight is 1060 g/mol. The summed E-state index contributed by atoms with van der Waals surface area (Å²) in [5.74, 6) is -2.45. The highest BCUT2D eigenvalue weighted by atomic mass is 16.5. The van der Waals surface area contributed by atoms with E-state index in [0.29, 0.717) is 26.1 Å². The third-order valence-corrected chi connectivity index (χ3v) is 7.29. The summed E-state index contributed by atoms with van der Waals surface area (Å²) in [4.78, 5) is 49.3. The van der Waals surface area contributed by atoms with Crippen molar-refractivity contribution in [3.63, 3.8) is 0 Å². The average Bonchev–Trinajstić information content (AvgIpc) is 4.08. The molecule has 4 aromatic rings. The van der Waals surface area contributed by atoms with Crippen LogP contribution in [-0.4, -0.2) is 65.3 Å². The van der Waals surface area contributed by atoms with E-state index in [2.05, 4.69) is 140 Å². The molecule has 11 nitrogen and oxygen atoms in total. The number of esters is 2. The summed E-state index contributed by atoms with van der Waals surface area (Å²) in [6.07, 6.45) is 5.83. The van der Waals surface area contributed by atoms with Crippen molar-refractivity contribution >= 4 is 29.8 Å². The number of hydrogen-bond donors (Lipinski definition) is 4. The van der Waals surface area contributed by atoms with Gasteiger partial charge in [0.2, 0.25) is 5.91 Å². The Morgan fingerprint density at radius 3 is 0.733 bits per heavy atom. The van der Waals surface area contributed by atoms with Crippen molar-refractivity contribution in [2.75, 3.05) is 13.2 Å². The topological polar surface area (TPSA) is 182 Å². The number of aryl methyl sites for hydroxylation is 4. The summed E-state index contributed by atoms with van der Waals surface area (Å²) in [5.41, 5.74) is 10.8. The molecule has 2 saturated heterocycles. The molecule has 6 rings (SSSR count). The second kappa shape index (κ2) is 90.9. The number of cyclic esters (lactones) is 2. The first-order valence-electron chi connectivity index (χ1n) is 28.1. The van der Waals surface area contributed by atoms with Crippen LogP contribution in [0.1, 0.15) is 208 Å². The molecule has 11 heteroatoms. The molecule has 2 heterocycles. The quantitative estimate of drug-likeness (QED) is 0.140. The van der Waals surface area contributed by atoms with Gasteiger partial charge in [-0.3, -0.25) is 19.2 Å². The van der Waals surface area contributed by atoms with Gasteiger partial charge in [0.25, 0.3) is 11.9 Å². The lowest BCUT2D eigenvalue weighted by Crippen LogP contribution is -2.36. The van der Waals surface area contributed by atoms with Gasteiger partial charge >= 0.3 is 11.9 Å². The molecule has 2 unspecified atom stereocenters. The van der Waals surface area contributed by atoms with Gasteiger partial charge < -0.3 is 30.7 Å². The Bertz CT molecular complexity index is 1430. The molecule has 0 aliphatic carbocycles. The van der Waals surface area contributed by atoms with E-state index in [1.165, 1.54) is 29.2 Å². The summed E-state index contributed by atoms with van der Waals surface area (Å²) in [7, 11) is 0. The molecule has 0 spiro atoms. The number of amides is 1. The number of ether oxygens (including phenoxy) is 2. The smallest absolute Gasteiger partial charge is 0.328 e. The zero-order valence-electron chi connectivity index (χ0n) is 52.7. The van der Waals surface area contributed by atoms with Gasteiger partial charge in [-0.15, -0.1) is 0 Å². The number of carboxylic acids is 2. The number of carbonyl (C=O) groups excluding carboxylic acids is 3. The summed E-state index contributed by atoms with van der Waals surface area (Å²) in [6.45, 7) is 49.1. The van der Waals surface area contributed by atoms with Crippen molar-refractivity contribution in [1.29, 1.82) is 0 Å². The van der Waals surface area contributed by atoms with Crippen LogP contribution in [0.2, 0.25) is 0 Å². The number of carbonyl (C=O) groups is 5. The summed E-state index contributed by atoms with van der Waals surface area (Å²) in [6, 6.07) is 41.1. The number of nitrogens with one attached hydrogen (secondary N) is 1. The zero-order valence-corrected chi connectivity index (χ0v) is 52.7. The van der Waals surface area contributed by atoms with Crippen molar-refractivity contribution in [2.24, 2.45) is 5.73 Å². The Morgan fingerprint density at radius 1 is 0.427 bits per heavy atom. The Labute approximate surface area is 463 Å². The standard InChI is InChI=1S/4C8H10.C6H9NO3.C4H7NO2.2C2H4O2.9C2H6/c4*1-2-8-6-4-3-5-7-8;1-4(8)7-5-2-3-10-6(5)9;5-3-1-2-7-4(3)6;2*1-2(3)4;9*1-2/h4*3-7H,2H2,1H3;5H,2-3H2,1H3,(H,7,8);3H,1-2,5H2;2*1H3,(H,3,4);9*1-2H3. The first-order chi connectivity index (χ1) is 36.2. The summed E-state index contributed by atoms with van der Waals surface area (Å²) < 4.78 is 9.11. The number of benzene rings is 4. The molecule has 0 saturated carbocycles. The normalized spacial score (nSPS) is 11.3. The maximum absolute atomic E-state index is 10.7. The Balaban J connectivity index is -0.0000000670.